The number of aromatic nitrogens is 2. The highest BCUT2D eigenvalue weighted by Crippen LogP contribution is 2.17. The molecule has 0 bridgehead atoms. The van der Waals surface area contributed by atoms with Crippen LogP contribution in [0.25, 0.3) is 0 Å². The smallest absolute Gasteiger partial charge is 0.243 e. The minimum absolute atomic E-state index is 0.0590. The molecule has 0 spiro atoms. The van der Waals surface area contributed by atoms with E-state index in [2.05, 4.69) is 10.3 Å². The number of carbonyl (C=O) groups is 2. The van der Waals surface area contributed by atoms with Crippen molar-refractivity contribution < 1.29 is 9.59 Å². The Kier molecular flexibility index (Phi) is 3.36. The first-order valence-corrected chi connectivity index (χ1v) is 6.04. The second-order valence-corrected chi connectivity index (χ2v) is 4.88. The van der Waals surface area contributed by atoms with Gasteiger partial charge in [-0.25, -0.2) is 4.98 Å². The summed E-state index contributed by atoms with van der Waals surface area (Å²) in [4.78, 5) is 29.7. The van der Waals surface area contributed by atoms with E-state index >= 15 is 0 Å². The lowest BCUT2D eigenvalue weighted by Crippen LogP contribution is -2.59. The van der Waals surface area contributed by atoms with Gasteiger partial charge in [-0.05, 0) is 5.92 Å². The van der Waals surface area contributed by atoms with E-state index in [0.29, 0.717) is 6.54 Å². The molecule has 1 unspecified atom stereocenters. The molecule has 2 rings (SSSR count). The number of carbonyl (C=O) groups excluding carboxylic acids is 2. The zero-order valence-corrected chi connectivity index (χ0v) is 10.9. The summed E-state index contributed by atoms with van der Waals surface area (Å²) in [5.74, 6) is 0.716. The summed E-state index contributed by atoms with van der Waals surface area (Å²) >= 11 is 0. The molecule has 1 fully saturated rings. The molecule has 2 heterocycles. The van der Waals surface area contributed by atoms with Gasteiger partial charge in [0.25, 0.3) is 0 Å². The van der Waals surface area contributed by atoms with Crippen molar-refractivity contribution in [3.8, 4) is 0 Å². The number of piperazine rings is 1. The van der Waals surface area contributed by atoms with Crippen LogP contribution in [0.4, 0.5) is 0 Å². The standard InChI is InChI=1S/C12H18N4O2/c1-8(2)11-12(18)14-6-10(17)16(11)7-9-13-4-5-15(9)3/h4-5,8,11H,6-7H2,1-3H3,(H,14,18). The molecule has 6 heteroatoms. The Hall–Kier alpha value is -1.85. The fourth-order valence-corrected chi connectivity index (χ4v) is 2.22. The molecule has 98 valence electrons. The number of nitrogens with one attached hydrogen (secondary N) is 1. The van der Waals surface area contributed by atoms with Gasteiger partial charge in [-0.2, -0.15) is 0 Å². The quantitative estimate of drug-likeness (QED) is 0.815. The zero-order chi connectivity index (χ0) is 13.3. The molecule has 1 aromatic heterocycles. The van der Waals surface area contributed by atoms with Crippen LogP contribution >= 0.6 is 0 Å². The summed E-state index contributed by atoms with van der Waals surface area (Å²) in [6.45, 7) is 4.33. The Morgan fingerprint density at radius 1 is 1.50 bits per heavy atom. The number of hydrogen-bond donors (Lipinski definition) is 1. The van der Waals surface area contributed by atoms with Gasteiger partial charge in [-0.3, -0.25) is 9.59 Å². The lowest BCUT2D eigenvalue weighted by atomic mass is 9.99. The topological polar surface area (TPSA) is 67.2 Å². The first-order valence-electron chi connectivity index (χ1n) is 6.04. The molecule has 0 aliphatic carbocycles. The van der Waals surface area contributed by atoms with E-state index in [-0.39, 0.29) is 24.3 Å². The molecule has 1 aliphatic heterocycles. The van der Waals surface area contributed by atoms with Gasteiger partial charge in [0.1, 0.15) is 11.9 Å². The molecule has 0 saturated carbocycles. The first kappa shape index (κ1) is 12.6. The van der Waals surface area contributed by atoms with Crippen LogP contribution in [0.2, 0.25) is 0 Å². The van der Waals surface area contributed by atoms with Crippen LogP contribution in [-0.2, 0) is 23.2 Å². The van der Waals surface area contributed by atoms with Crippen LogP contribution in [0, 0.1) is 5.92 Å². The van der Waals surface area contributed by atoms with Gasteiger partial charge in [0.05, 0.1) is 13.1 Å². The Morgan fingerprint density at radius 2 is 2.22 bits per heavy atom. The van der Waals surface area contributed by atoms with Crippen molar-refractivity contribution in [1.82, 2.24) is 19.8 Å². The molecule has 6 nitrogen and oxygen atoms in total. The van der Waals surface area contributed by atoms with Crippen LogP contribution in [0.15, 0.2) is 12.4 Å². The van der Waals surface area contributed by atoms with E-state index in [1.165, 1.54) is 0 Å². The second-order valence-electron chi connectivity index (χ2n) is 4.88. The Labute approximate surface area is 106 Å². The monoisotopic (exact) mass is 250 g/mol. The van der Waals surface area contributed by atoms with Crippen molar-refractivity contribution in [3.63, 3.8) is 0 Å². The van der Waals surface area contributed by atoms with Gasteiger partial charge in [-0.15, -0.1) is 0 Å². The van der Waals surface area contributed by atoms with Crippen molar-refractivity contribution in [1.29, 1.82) is 0 Å². The third-order valence-corrected chi connectivity index (χ3v) is 3.20. The zero-order valence-electron chi connectivity index (χ0n) is 10.9. The highest BCUT2D eigenvalue weighted by molar-refractivity contribution is 5.94. The van der Waals surface area contributed by atoms with Crippen LogP contribution in [0.1, 0.15) is 19.7 Å². The average molecular weight is 250 g/mol. The first-order chi connectivity index (χ1) is 8.50. The van der Waals surface area contributed by atoms with Crippen molar-refractivity contribution in [2.24, 2.45) is 13.0 Å². The predicted octanol–water partition coefficient (Wildman–Crippen LogP) is -0.0969. The lowest BCUT2D eigenvalue weighted by Gasteiger charge is -2.36. The van der Waals surface area contributed by atoms with Crippen molar-refractivity contribution >= 4 is 11.8 Å². The number of nitrogens with zero attached hydrogens (tertiary/aromatic N) is 3. The molecular weight excluding hydrogens is 232 g/mol. The molecule has 0 radical (unpaired) electrons. The maximum atomic E-state index is 12.0. The SMILES string of the molecule is CC(C)C1C(=O)NCC(=O)N1Cc1nccn1C. The van der Waals surface area contributed by atoms with Crippen molar-refractivity contribution in [2.45, 2.75) is 26.4 Å². The van der Waals surface area contributed by atoms with E-state index in [4.69, 9.17) is 0 Å². The lowest BCUT2D eigenvalue weighted by molar-refractivity contribution is -0.148. The minimum Gasteiger partial charge on any atom is -0.345 e. The summed E-state index contributed by atoms with van der Waals surface area (Å²) in [5, 5.41) is 2.63. The molecule has 1 atom stereocenters. The molecule has 2 amide bonds. The van der Waals surface area contributed by atoms with Gasteiger partial charge in [0, 0.05) is 19.4 Å². The number of aryl methyl sites for hydroxylation is 1. The highest BCUT2D eigenvalue weighted by Gasteiger charge is 2.36. The van der Waals surface area contributed by atoms with E-state index in [9.17, 15) is 9.59 Å². The van der Waals surface area contributed by atoms with Gasteiger partial charge in [0.15, 0.2) is 0 Å². The van der Waals surface area contributed by atoms with Crippen LogP contribution in [0.3, 0.4) is 0 Å². The third kappa shape index (κ3) is 2.23. The van der Waals surface area contributed by atoms with E-state index in [1.807, 2.05) is 31.7 Å². The molecular formula is C12H18N4O2. The number of rotatable bonds is 3. The molecule has 1 aromatic rings. The average Bonchev–Trinajstić information content (AvgIpc) is 2.69. The fraction of sp³-hybridized carbons (Fsp3) is 0.583. The maximum absolute atomic E-state index is 12.0. The van der Waals surface area contributed by atoms with E-state index < -0.39 is 6.04 Å². The normalized spacial score (nSPS) is 20.4. The minimum atomic E-state index is -0.414. The fourth-order valence-electron chi connectivity index (χ4n) is 2.22. The molecule has 1 N–H and O–H groups in total. The second kappa shape index (κ2) is 4.80. The summed E-state index contributed by atoms with van der Waals surface area (Å²) in [5.41, 5.74) is 0. The van der Waals surface area contributed by atoms with Crippen molar-refractivity contribution in [3.05, 3.63) is 18.2 Å². The Bertz CT molecular complexity index is 466. The van der Waals surface area contributed by atoms with E-state index in [1.54, 1.807) is 11.1 Å². The van der Waals surface area contributed by atoms with Gasteiger partial charge in [-0.1, -0.05) is 13.8 Å². The number of amides is 2. The molecule has 1 saturated heterocycles. The largest absolute Gasteiger partial charge is 0.345 e. The van der Waals surface area contributed by atoms with Gasteiger partial charge in [0.2, 0.25) is 11.8 Å². The highest BCUT2D eigenvalue weighted by atomic mass is 16.2. The third-order valence-electron chi connectivity index (χ3n) is 3.20. The van der Waals surface area contributed by atoms with Crippen LogP contribution < -0.4 is 5.32 Å². The van der Waals surface area contributed by atoms with Crippen LogP contribution in [-0.4, -0.2) is 38.9 Å². The number of imidazole rings is 1. The molecule has 1 aliphatic rings. The molecule has 18 heavy (non-hydrogen) atoms. The van der Waals surface area contributed by atoms with E-state index in [0.717, 1.165) is 5.82 Å². The summed E-state index contributed by atoms with van der Waals surface area (Å²) in [6, 6.07) is -0.414. The van der Waals surface area contributed by atoms with Crippen LogP contribution in [0.5, 0.6) is 0 Å². The Morgan fingerprint density at radius 3 is 2.78 bits per heavy atom. The predicted molar refractivity (Wildman–Crippen MR) is 65.4 cm³/mol. The summed E-state index contributed by atoms with van der Waals surface area (Å²) < 4.78 is 1.86. The summed E-state index contributed by atoms with van der Waals surface area (Å²) in [7, 11) is 1.88. The molecule has 0 aromatic carbocycles. The van der Waals surface area contributed by atoms with Gasteiger partial charge >= 0.3 is 0 Å². The summed E-state index contributed by atoms with van der Waals surface area (Å²) in [6.07, 6.45) is 3.52. The Balaban J connectivity index is 2.23. The number of hydrogen-bond acceptors (Lipinski definition) is 3. The maximum Gasteiger partial charge on any atom is 0.243 e. The van der Waals surface area contributed by atoms with Crippen molar-refractivity contribution in [2.75, 3.05) is 6.54 Å². The van der Waals surface area contributed by atoms with Gasteiger partial charge < -0.3 is 14.8 Å².